The van der Waals surface area contributed by atoms with Gasteiger partial charge < -0.3 is 5.32 Å². The smallest absolute Gasteiger partial charge is 0.251 e. The van der Waals surface area contributed by atoms with Gasteiger partial charge in [0, 0.05) is 37.1 Å². The molecule has 8 heteroatoms. The van der Waals surface area contributed by atoms with Crippen LogP contribution in [0.4, 0.5) is 0 Å². The highest BCUT2D eigenvalue weighted by Crippen LogP contribution is 2.25. The minimum Gasteiger partial charge on any atom is -0.348 e. The Hall–Kier alpha value is -2.97. The minimum atomic E-state index is -3.55. The molecule has 3 aromatic rings. The number of sulfonamides is 1. The Kier molecular flexibility index (Phi) is 6.72. The van der Waals surface area contributed by atoms with Gasteiger partial charge in [0.2, 0.25) is 10.0 Å². The van der Waals surface area contributed by atoms with Gasteiger partial charge in [-0.05, 0) is 61.2 Å². The summed E-state index contributed by atoms with van der Waals surface area (Å²) in [6.45, 7) is 3.49. The van der Waals surface area contributed by atoms with E-state index in [4.69, 9.17) is 0 Å². The maximum Gasteiger partial charge on any atom is 0.251 e. The molecule has 2 aromatic carbocycles. The Balaban J connectivity index is 1.42. The number of piperidine rings is 1. The highest BCUT2D eigenvalue weighted by atomic mass is 32.2. The predicted octanol–water partition coefficient (Wildman–Crippen LogP) is 3.42. The number of nitrogens with zero attached hydrogens (tertiary/aromatic N) is 3. The molecule has 0 bridgehead atoms. The van der Waals surface area contributed by atoms with E-state index in [1.165, 1.54) is 12.1 Å². The molecule has 1 aliphatic heterocycles. The SMILES string of the molecule is CC1CCCCN1S(=O)(=O)c1ccc(C(=O)NCc2ccccc2Cn2cccn2)cc1. The van der Waals surface area contributed by atoms with Crippen molar-refractivity contribution in [3.8, 4) is 0 Å². The van der Waals surface area contributed by atoms with Crippen LogP contribution < -0.4 is 5.32 Å². The van der Waals surface area contributed by atoms with Crippen LogP contribution in [0.1, 0.15) is 47.7 Å². The number of rotatable bonds is 7. The van der Waals surface area contributed by atoms with E-state index < -0.39 is 10.0 Å². The molecule has 0 saturated carbocycles. The highest BCUT2D eigenvalue weighted by Gasteiger charge is 2.30. The summed E-state index contributed by atoms with van der Waals surface area (Å²) in [6, 6.07) is 16.0. The lowest BCUT2D eigenvalue weighted by atomic mass is 10.1. The lowest BCUT2D eigenvalue weighted by Gasteiger charge is -2.32. The van der Waals surface area contributed by atoms with Crippen LogP contribution in [0.3, 0.4) is 0 Å². The average Bonchev–Trinajstić information content (AvgIpc) is 3.32. The van der Waals surface area contributed by atoms with E-state index in [1.54, 1.807) is 22.6 Å². The summed E-state index contributed by atoms with van der Waals surface area (Å²) in [5.74, 6) is -0.241. The van der Waals surface area contributed by atoms with Crippen molar-refractivity contribution in [2.24, 2.45) is 0 Å². The third-order valence-electron chi connectivity index (χ3n) is 5.91. The van der Waals surface area contributed by atoms with Gasteiger partial charge >= 0.3 is 0 Å². The summed E-state index contributed by atoms with van der Waals surface area (Å²) >= 11 is 0. The molecular weight excluding hydrogens is 424 g/mol. The van der Waals surface area contributed by atoms with E-state index in [1.807, 2.05) is 48.1 Å². The van der Waals surface area contributed by atoms with Crippen LogP contribution in [-0.4, -0.2) is 41.0 Å². The number of benzene rings is 2. The Labute approximate surface area is 189 Å². The van der Waals surface area contributed by atoms with Crippen LogP contribution in [-0.2, 0) is 23.1 Å². The molecule has 1 amide bonds. The molecule has 1 unspecified atom stereocenters. The van der Waals surface area contributed by atoms with Crippen molar-refractivity contribution in [3.05, 3.63) is 83.7 Å². The van der Waals surface area contributed by atoms with Crippen molar-refractivity contribution >= 4 is 15.9 Å². The van der Waals surface area contributed by atoms with E-state index in [9.17, 15) is 13.2 Å². The molecule has 168 valence electrons. The first kappa shape index (κ1) is 22.2. The summed E-state index contributed by atoms with van der Waals surface area (Å²) in [7, 11) is -3.55. The second-order valence-corrected chi connectivity index (χ2v) is 10.0. The molecule has 2 heterocycles. The van der Waals surface area contributed by atoms with Gasteiger partial charge in [0.15, 0.2) is 0 Å². The van der Waals surface area contributed by atoms with Gasteiger partial charge in [-0.3, -0.25) is 9.48 Å². The molecule has 1 aromatic heterocycles. The third kappa shape index (κ3) is 4.92. The fourth-order valence-corrected chi connectivity index (χ4v) is 5.77. The van der Waals surface area contributed by atoms with Crippen molar-refractivity contribution in [2.75, 3.05) is 6.54 Å². The van der Waals surface area contributed by atoms with Gasteiger partial charge in [-0.2, -0.15) is 9.40 Å². The van der Waals surface area contributed by atoms with Crippen molar-refractivity contribution < 1.29 is 13.2 Å². The third-order valence-corrected chi connectivity index (χ3v) is 7.94. The van der Waals surface area contributed by atoms with Crippen LogP contribution in [0.5, 0.6) is 0 Å². The van der Waals surface area contributed by atoms with E-state index in [0.717, 1.165) is 30.4 Å². The number of carbonyl (C=O) groups excluding carboxylic acids is 1. The highest BCUT2D eigenvalue weighted by molar-refractivity contribution is 7.89. The Morgan fingerprint density at radius 2 is 1.81 bits per heavy atom. The second kappa shape index (κ2) is 9.67. The maximum absolute atomic E-state index is 13.0. The number of hydrogen-bond donors (Lipinski definition) is 1. The Morgan fingerprint density at radius 1 is 1.06 bits per heavy atom. The molecule has 32 heavy (non-hydrogen) atoms. The molecule has 1 fully saturated rings. The van der Waals surface area contributed by atoms with Gasteiger partial charge in [0.1, 0.15) is 0 Å². The second-order valence-electron chi connectivity index (χ2n) is 8.14. The van der Waals surface area contributed by atoms with Crippen molar-refractivity contribution in [3.63, 3.8) is 0 Å². The number of carbonyl (C=O) groups is 1. The average molecular weight is 453 g/mol. The molecular formula is C24H28N4O3S. The lowest BCUT2D eigenvalue weighted by Crippen LogP contribution is -2.41. The molecule has 0 aliphatic carbocycles. The maximum atomic E-state index is 13.0. The Bertz CT molecular complexity index is 1160. The quantitative estimate of drug-likeness (QED) is 0.595. The van der Waals surface area contributed by atoms with Crippen LogP contribution >= 0.6 is 0 Å². The molecule has 0 radical (unpaired) electrons. The Morgan fingerprint density at radius 3 is 2.50 bits per heavy atom. The van der Waals surface area contributed by atoms with Gasteiger partial charge in [0.25, 0.3) is 5.91 Å². The minimum absolute atomic E-state index is 0.00136. The monoisotopic (exact) mass is 452 g/mol. The summed E-state index contributed by atoms with van der Waals surface area (Å²) in [4.78, 5) is 12.9. The summed E-state index contributed by atoms with van der Waals surface area (Å²) < 4.78 is 29.4. The first-order valence-electron chi connectivity index (χ1n) is 10.9. The predicted molar refractivity (Wildman–Crippen MR) is 123 cm³/mol. The number of amides is 1. The summed E-state index contributed by atoms with van der Waals surface area (Å²) in [5, 5.41) is 7.17. The van der Waals surface area contributed by atoms with Gasteiger partial charge in [-0.1, -0.05) is 30.7 Å². The molecule has 7 nitrogen and oxygen atoms in total. The van der Waals surface area contributed by atoms with Crippen LogP contribution in [0.25, 0.3) is 0 Å². The van der Waals surface area contributed by atoms with Crippen molar-refractivity contribution in [2.45, 2.75) is 50.2 Å². The van der Waals surface area contributed by atoms with Crippen molar-refractivity contribution in [1.82, 2.24) is 19.4 Å². The number of aromatic nitrogens is 2. The van der Waals surface area contributed by atoms with E-state index in [2.05, 4.69) is 10.4 Å². The molecule has 1 N–H and O–H groups in total. The van der Waals surface area contributed by atoms with Crippen LogP contribution in [0.15, 0.2) is 71.9 Å². The first-order valence-corrected chi connectivity index (χ1v) is 12.3. The normalized spacial score (nSPS) is 17.2. The summed E-state index contributed by atoms with van der Waals surface area (Å²) in [6.07, 6.45) is 6.45. The van der Waals surface area contributed by atoms with Gasteiger partial charge in [-0.15, -0.1) is 0 Å². The molecule has 4 rings (SSSR count). The lowest BCUT2D eigenvalue weighted by molar-refractivity contribution is 0.0950. The standard InChI is InChI=1S/C24H28N4O3S/c1-19-7-4-5-16-28(19)32(30,31)23-12-10-20(11-13-23)24(29)25-17-21-8-2-3-9-22(21)18-27-15-6-14-26-27/h2-3,6,8-15,19H,4-5,7,16-18H2,1H3,(H,25,29). The van der Waals surface area contributed by atoms with Gasteiger partial charge in [-0.25, -0.2) is 8.42 Å². The van der Waals surface area contributed by atoms with E-state index in [0.29, 0.717) is 25.2 Å². The summed E-state index contributed by atoms with van der Waals surface area (Å²) in [5.41, 5.74) is 2.52. The largest absolute Gasteiger partial charge is 0.348 e. The fraction of sp³-hybridized carbons (Fsp3) is 0.333. The topological polar surface area (TPSA) is 84.3 Å². The van der Waals surface area contributed by atoms with E-state index >= 15 is 0 Å². The molecule has 1 atom stereocenters. The van der Waals surface area contributed by atoms with E-state index in [-0.39, 0.29) is 16.8 Å². The first-order chi connectivity index (χ1) is 15.4. The fourth-order valence-electron chi connectivity index (χ4n) is 4.07. The van der Waals surface area contributed by atoms with Crippen LogP contribution in [0, 0.1) is 0 Å². The zero-order valence-electron chi connectivity index (χ0n) is 18.1. The zero-order valence-corrected chi connectivity index (χ0v) is 19.0. The van der Waals surface area contributed by atoms with Crippen molar-refractivity contribution in [1.29, 1.82) is 0 Å². The molecule has 0 spiro atoms. The van der Waals surface area contributed by atoms with Gasteiger partial charge in [0.05, 0.1) is 11.4 Å². The van der Waals surface area contributed by atoms with Crippen LogP contribution in [0.2, 0.25) is 0 Å². The molecule has 1 aliphatic rings. The number of hydrogen-bond acceptors (Lipinski definition) is 4. The number of nitrogens with one attached hydrogen (secondary N) is 1. The zero-order chi connectivity index (χ0) is 22.6. The molecule has 1 saturated heterocycles.